The molecule has 0 aromatic heterocycles. The van der Waals surface area contributed by atoms with Crippen LogP contribution in [0.4, 0.5) is 0 Å². The monoisotopic (exact) mass is 169 g/mol. The van der Waals surface area contributed by atoms with E-state index in [2.05, 4.69) is 12.2 Å². The zero-order chi connectivity index (χ0) is 8.97. The van der Waals surface area contributed by atoms with Crippen molar-refractivity contribution in [3.8, 4) is 0 Å². The van der Waals surface area contributed by atoms with Gasteiger partial charge in [0.05, 0.1) is 0 Å². The fraction of sp³-hybridized carbons (Fsp3) is 0.900. The molecule has 12 heavy (non-hydrogen) atoms. The molecule has 1 rings (SSSR count). The minimum atomic E-state index is 0.203. The molecule has 1 aliphatic rings. The molecule has 1 N–H and O–H groups in total. The summed E-state index contributed by atoms with van der Waals surface area (Å²) in [5, 5.41) is 3.05. The Hall–Kier alpha value is -0.530. The summed E-state index contributed by atoms with van der Waals surface area (Å²) in [5.74, 6) is 1.06. The smallest absolute Gasteiger partial charge is 0.219 e. The van der Waals surface area contributed by atoms with E-state index >= 15 is 0 Å². The fourth-order valence-electron chi connectivity index (χ4n) is 1.73. The van der Waals surface area contributed by atoms with Crippen LogP contribution in [0.1, 0.15) is 46.0 Å². The maximum Gasteiger partial charge on any atom is 0.219 e. The third kappa shape index (κ3) is 2.84. The van der Waals surface area contributed by atoms with Crippen molar-refractivity contribution in [2.24, 2.45) is 5.92 Å². The van der Waals surface area contributed by atoms with Gasteiger partial charge in [-0.05, 0) is 31.6 Å². The van der Waals surface area contributed by atoms with E-state index in [1.807, 2.05) is 6.92 Å². The number of carbonyl (C=O) groups excluding carboxylic acids is 1. The van der Waals surface area contributed by atoms with E-state index in [4.69, 9.17) is 0 Å². The van der Waals surface area contributed by atoms with Gasteiger partial charge in [-0.2, -0.15) is 0 Å². The standard InChI is InChI=1S/C10H19NO/c1-3-10(12)11-9-6-4-8(2)5-7-9/h8-9H,3-7H2,1-2H3,(H,11,12)/t8-,9+. The summed E-state index contributed by atoms with van der Waals surface area (Å²) in [6.45, 7) is 4.19. The summed E-state index contributed by atoms with van der Waals surface area (Å²) in [6.07, 6.45) is 5.51. The first kappa shape index (κ1) is 9.56. The van der Waals surface area contributed by atoms with Crippen LogP contribution < -0.4 is 5.32 Å². The Morgan fingerprint density at radius 2 is 1.92 bits per heavy atom. The van der Waals surface area contributed by atoms with E-state index < -0.39 is 0 Å². The minimum absolute atomic E-state index is 0.203. The predicted octanol–water partition coefficient (Wildman–Crippen LogP) is 2.09. The van der Waals surface area contributed by atoms with Crippen molar-refractivity contribution in [1.29, 1.82) is 0 Å². The van der Waals surface area contributed by atoms with Gasteiger partial charge in [0.2, 0.25) is 5.91 Å². The van der Waals surface area contributed by atoms with E-state index in [0.29, 0.717) is 12.5 Å². The molecule has 2 nitrogen and oxygen atoms in total. The normalized spacial score (nSPS) is 29.8. The van der Waals surface area contributed by atoms with Crippen LogP contribution in [-0.4, -0.2) is 11.9 Å². The molecule has 1 aliphatic carbocycles. The predicted molar refractivity (Wildman–Crippen MR) is 49.9 cm³/mol. The van der Waals surface area contributed by atoms with Gasteiger partial charge in [-0.25, -0.2) is 0 Å². The van der Waals surface area contributed by atoms with Crippen molar-refractivity contribution >= 4 is 5.91 Å². The van der Waals surface area contributed by atoms with Crippen LogP contribution in [0.5, 0.6) is 0 Å². The molecule has 1 amide bonds. The van der Waals surface area contributed by atoms with Gasteiger partial charge >= 0.3 is 0 Å². The van der Waals surface area contributed by atoms with Crippen molar-refractivity contribution in [2.75, 3.05) is 0 Å². The Morgan fingerprint density at radius 1 is 1.33 bits per heavy atom. The topological polar surface area (TPSA) is 29.1 Å². The summed E-state index contributed by atoms with van der Waals surface area (Å²) in [6, 6.07) is 0.466. The molecule has 0 radical (unpaired) electrons. The van der Waals surface area contributed by atoms with E-state index in [9.17, 15) is 4.79 Å². The summed E-state index contributed by atoms with van der Waals surface area (Å²) in [5.41, 5.74) is 0. The Labute approximate surface area is 74.7 Å². The van der Waals surface area contributed by atoms with Gasteiger partial charge in [-0.15, -0.1) is 0 Å². The first-order chi connectivity index (χ1) is 5.72. The molecule has 1 saturated carbocycles. The average Bonchev–Trinajstić information content (AvgIpc) is 2.09. The summed E-state index contributed by atoms with van der Waals surface area (Å²) in [4.78, 5) is 11.1. The van der Waals surface area contributed by atoms with Crippen LogP contribution in [0.2, 0.25) is 0 Å². The number of rotatable bonds is 2. The lowest BCUT2D eigenvalue weighted by atomic mass is 9.87. The SMILES string of the molecule is CCC(=O)N[C@H]1CC[C@@H](C)CC1. The maximum absolute atomic E-state index is 11.1. The second-order valence-corrected chi connectivity index (χ2v) is 3.88. The largest absolute Gasteiger partial charge is 0.353 e. The van der Waals surface area contributed by atoms with Gasteiger partial charge < -0.3 is 5.32 Å². The maximum atomic E-state index is 11.1. The van der Waals surface area contributed by atoms with Crippen LogP contribution in [-0.2, 0) is 4.79 Å². The Morgan fingerprint density at radius 3 is 2.42 bits per heavy atom. The molecule has 0 saturated heterocycles. The first-order valence-electron chi connectivity index (χ1n) is 5.01. The molecule has 0 aromatic carbocycles. The van der Waals surface area contributed by atoms with Crippen LogP contribution in [0.25, 0.3) is 0 Å². The van der Waals surface area contributed by atoms with Crippen LogP contribution in [0.3, 0.4) is 0 Å². The van der Waals surface area contributed by atoms with E-state index in [1.165, 1.54) is 25.7 Å². The summed E-state index contributed by atoms with van der Waals surface area (Å²) >= 11 is 0. The Bertz CT molecular complexity index is 148. The van der Waals surface area contributed by atoms with Gasteiger partial charge in [-0.3, -0.25) is 4.79 Å². The molecule has 0 bridgehead atoms. The third-order valence-electron chi connectivity index (χ3n) is 2.70. The van der Waals surface area contributed by atoms with Crippen molar-refractivity contribution in [3.63, 3.8) is 0 Å². The van der Waals surface area contributed by atoms with Crippen LogP contribution in [0.15, 0.2) is 0 Å². The highest BCUT2D eigenvalue weighted by atomic mass is 16.1. The van der Waals surface area contributed by atoms with Gasteiger partial charge in [0.15, 0.2) is 0 Å². The Kier molecular flexibility index (Phi) is 3.57. The minimum Gasteiger partial charge on any atom is -0.353 e. The lowest BCUT2D eigenvalue weighted by Gasteiger charge is -2.26. The number of hydrogen-bond donors (Lipinski definition) is 1. The molecular weight excluding hydrogens is 150 g/mol. The molecule has 1 fully saturated rings. The summed E-state index contributed by atoms with van der Waals surface area (Å²) in [7, 11) is 0. The van der Waals surface area contributed by atoms with E-state index in [0.717, 1.165) is 5.92 Å². The van der Waals surface area contributed by atoms with Crippen molar-refractivity contribution in [3.05, 3.63) is 0 Å². The molecule has 0 aromatic rings. The number of nitrogens with one attached hydrogen (secondary N) is 1. The van der Waals surface area contributed by atoms with Crippen LogP contribution in [0, 0.1) is 5.92 Å². The van der Waals surface area contributed by atoms with E-state index in [1.54, 1.807) is 0 Å². The van der Waals surface area contributed by atoms with Gasteiger partial charge in [0, 0.05) is 12.5 Å². The zero-order valence-corrected chi connectivity index (χ0v) is 8.10. The quantitative estimate of drug-likeness (QED) is 0.673. The van der Waals surface area contributed by atoms with Crippen molar-refractivity contribution in [2.45, 2.75) is 52.0 Å². The molecular formula is C10H19NO. The fourth-order valence-corrected chi connectivity index (χ4v) is 1.73. The second-order valence-electron chi connectivity index (χ2n) is 3.88. The summed E-state index contributed by atoms with van der Waals surface area (Å²) < 4.78 is 0. The highest BCUT2D eigenvalue weighted by Crippen LogP contribution is 2.23. The van der Waals surface area contributed by atoms with E-state index in [-0.39, 0.29) is 5.91 Å². The number of amides is 1. The second kappa shape index (κ2) is 4.48. The Balaban J connectivity index is 2.21. The molecule has 0 spiro atoms. The first-order valence-corrected chi connectivity index (χ1v) is 5.01. The van der Waals surface area contributed by atoms with Gasteiger partial charge in [0.25, 0.3) is 0 Å². The highest BCUT2D eigenvalue weighted by Gasteiger charge is 2.18. The lowest BCUT2D eigenvalue weighted by Crippen LogP contribution is -2.36. The molecule has 0 heterocycles. The lowest BCUT2D eigenvalue weighted by molar-refractivity contribution is -0.121. The molecule has 0 aliphatic heterocycles. The third-order valence-corrected chi connectivity index (χ3v) is 2.70. The zero-order valence-electron chi connectivity index (χ0n) is 8.10. The molecule has 70 valence electrons. The average molecular weight is 169 g/mol. The number of carbonyl (C=O) groups is 1. The molecule has 0 atom stereocenters. The van der Waals surface area contributed by atoms with Gasteiger partial charge in [-0.1, -0.05) is 13.8 Å². The molecule has 2 heteroatoms. The van der Waals surface area contributed by atoms with Crippen LogP contribution >= 0.6 is 0 Å². The van der Waals surface area contributed by atoms with Gasteiger partial charge in [0.1, 0.15) is 0 Å². The van der Waals surface area contributed by atoms with Crippen molar-refractivity contribution in [1.82, 2.24) is 5.32 Å². The van der Waals surface area contributed by atoms with Crippen molar-refractivity contribution < 1.29 is 4.79 Å². The number of hydrogen-bond acceptors (Lipinski definition) is 1. The highest BCUT2D eigenvalue weighted by molar-refractivity contribution is 5.75. The molecule has 0 unspecified atom stereocenters.